The molecule has 12 aromatic rings. The predicted molar refractivity (Wildman–Crippen MR) is 288 cm³/mol. The number of hydrogen-bond acceptors (Lipinski definition) is 1. The summed E-state index contributed by atoms with van der Waals surface area (Å²) in [5.74, 6) is 0. The number of nitrogens with zero attached hydrogens (tertiary/aromatic N) is 2. The van der Waals surface area contributed by atoms with Crippen LogP contribution in [0.25, 0.3) is 83.1 Å². The quantitative estimate of drug-likeness (QED) is 0.155. The molecule has 1 spiro atoms. The summed E-state index contributed by atoms with van der Waals surface area (Å²) < 4.78 is 2.39. The van der Waals surface area contributed by atoms with Crippen molar-refractivity contribution in [2.24, 2.45) is 0 Å². The molecule has 11 aromatic carbocycles. The van der Waals surface area contributed by atoms with Gasteiger partial charge in [0.1, 0.15) is 0 Å². The molecule has 0 fully saturated rings. The average Bonchev–Trinajstić information content (AvgIpc) is 4.04. The van der Waals surface area contributed by atoms with Gasteiger partial charge in [0.15, 0.2) is 0 Å². The van der Waals surface area contributed by atoms with Crippen LogP contribution in [0, 0.1) is 0 Å². The molecule has 0 saturated heterocycles. The standard InChI is InChI=1S/C67H44N2/c1-3-17-45(18-4-1)46-33-39-50(40-34-46)68(52-43-37-48(38-44-52)54-26-16-32-64-66(54)58-24-10-14-31-63(58)69(64)49-19-5-2-6-20-49)51-41-35-47(36-42-51)53-25-15-30-62-65(53)57-23-9-13-29-61(57)67(62)59-27-11-7-21-55(59)56-22-8-12-28-60(56)67/h1-44H. The maximum atomic E-state index is 2.39. The van der Waals surface area contributed by atoms with E-state index < -0.39 is 0 Å². The maximum absolute atomic E-state index is 2.39. The van der Waals surface area contributed by atoms with E-state index in [2.05, 4.69) is 276 Å². The number of hydrogen-bond donors (Lipinski definition) is 0. The second kappa shape index (κ2) is 15.6. The molecule has 2 aliphatic rings. The molecule has 0 bridgehead atoms. The molecule has 2 nitrogen and oxygen atoms in total. The molecule has 1 heterocycles. The zero-order valence-corrected chi connectivity index (χ0v) is 37.8. The van der Waals surface area contributed by atoms with Crippen molar-refractivity contribution in [2.75, 3.05) is 4.90 Å². The molecule has 0 amide bonds. The lowest BCUT2D eigenvalue weighted by molar-refractivity contribution is 0.794. The molecular weight excluding hydrogens is 833 g/mol. The first-order chi connectivity index (χ1) is 34.3. The fourth-order valence-corrected chi connectivity index (χ4v) is 12.0. The Balaban J connectivity index is 0.887. The van der Waals surface area contributed by atoms with Crippen molar-refractivity contribution in [3.63, 3.8) is 0 Å². The SMILES string of the molecule is c1ccc(-c2ccc(N(c3ccc(-c4cccc5c4-c4ccccc4C54c5ccccc5-c5ccccc54)cc3)c3ccc(-c4cccc5c4c4ccccc4n5-c4ccccc4)cc3)cc2)cc1. The summed E-state index contributed by atoms with van der Waals surface area (Å²) in [5, 5.41) is 2.51. The Bertz CT molecular complexity index is 3870. The number of benzene rings is 11. The normalized spacial score (nSPS) is 12.8. The smallest absolute Gasteiger partial charge is 0.0725 e. The number of rotatable bonds is 7. The van der Waals surface area contributed by atoms with E-state index in [9.17, 15) is 0 Å². The van der Waals surface area contributed by atoms with Crippen LogP contribution < -0.4 is 4.90 Å². The van der Waals surface area contributed by atoms with Crippen LogP contribution in [0.5, 0.6) is 0 Å². The molecule has 69 heavy (non-hydrogen) atoms. The summed E-state index contributed by atoms with van der Waals surface area (Å²) in [6.07, 6.45) is 0. The van der Waals surface area contributed by atoms with Gasteiger partial charge in [0, 0.05) is 33.5 Å². The van der Waals surface area contributed by atoms with Crippen LogP contribution in [0.3, 0.4) is 0 Å². The summed E-state index contributed by atoms with van der Waals surface area (Å²) in [5.41, 5.74) is 24.4. The van der Waals surface area contributed by atoms with Gasteiger partial charge in [-0.15, -0.1) is 0 Å². The van der Waals surface area contributed by atoms with Gasteiger partial charge >= 0.3 is 0 Å². The van der Waals surface area contributed by atoms with Crippen LogP contribution in [0.1, 0.15) is 22.3 Å². The molecule has 14 rings (SSSR count). The third-order valence-electron chi connectivity index (χ3n) is 14.8. The lowest BCUT2D eigenvalue weighted by atomic mass is 9.70. The first kappa shape index (κ1) is 39.2. The Morgan fingerprint density at radius 2 is 0.696 bits per heavy atom. The molecule has 2 aliphatic carbocycles. The first-order valence-corrected chi connectivity index (χ1v) is 23.9. The second-order valence-corrected chi connectivity index (χ2v) is 18.3. The van der Waals surface area contributed by atoms with Crippen LogP contribution in [0.2, 0.25) is 0 Å². The highest BCUT2D eigenvalue weighted by Crippen LogP contribution is 2.64. The van der Waals surface area contributed by atoms with E-state index >= 15 is 0 Å². The molecule has 0 saturated carbocycles. The second-order valence-electron chi connectivity index (χ2n) is 18.3. The molecule has 0 aliphatic heterocycles. The van der Waals surface area contributed by atoms with Gasteiger partial charge in [0.2, 0.25) is 0 Å². The topological polar surface area (TPSA) is 8.17 Å². The van der Waals surface area contributed by atoms with Crippen molar-refractivity contribution in [3.8, 4) is 61.3 Å². The van der Waals surface area contributed by atoms with Crippen molar-refractivity contribution in [2.45, 2.75) is 5.41 Å². The van der Waals surface area contributed by atoms with Crippen LogP contribution in [0.15, 0.2) is 267 Å². The summed E-state index contributed by atoms with van der Waals surface area (Å²) in [4.78, 5) is 2.39. The lowest BCUT2D eigenvalue weighted by Crippen LogP contribution is -2.25. The zero-order valence-electron chi connectivity index (χ0n) is 37.8. The Morgan fingerprint density at radius 3 is 1.33 bits per heavy atom. The van der Waals surface area contributed by atoms with Gasteiger partial charge in [-0.3, -0.25) is 0 Å². The van der Waals surface area contributed by atoms with E-state index in [1.807, 2.05) is 0 Å². The highest BCUT2D eigenvalue weighted by molar-refractivity contribution is 6.16. The minimum atomic E-state index is -0.381. The molecule has 0 unspecified atom stereocenters. The summed E-state index contributed by atoms with van der Waals surface area (Å²) in [6.45, 7) is 0. The average molecular weight is 877 g/mol. The van der Waals surface area contributed by atoms with Gasteiger partial charge in [-0.05, 0) is 139 Å². The fraction of sp³-hybridized carbons (Fsp3) is 0.0149. The highest BCUT2D eigenvalue weighted by atomic mass is 15.1. The van der Waals surface area contributed by atoms with Crippen molar-refractivity contribution in [1.29, 1.82) is 0 Å². The lowest BCUT2D eigenvalue weighted by Gasteiger charge is -2.30. The highest BCUT2D eigenvalue weighted by Gasteiger charge is 2.52. The molecular formula is C67H44N2. The van der Waals surface area contributed by atoms with Crippen LogP contribution >= 0.6 is 0 Å². The predicted octanol–water partition coefficient (Wildman–Crippen LogP) is 17.6. The van der Waals surface area contributed by atoms with Gasteiger partial charge in [-0.2, -0.15) is 0 Å². The van der Waals surface area contributed by atoms with Gasteiger partial charge in [0.25, 0.3) is 0 Å². The monoisotopic (exact) mass is 876 g/mol. The van der Waals surface area contributed by atoms with Gasteiger partial charge in [-0.25, -0.2) is 0 Å². The van der Waals surface area contributed by atoms with E-state index in [1.54, 1.807) is 0 Å². The largest absolute Gasteiger partial charge is 0.311 e. The minimum Gasteiger partial charge on any atom is -0.311 e. The Kier molecular flexibility index (Phi) is 8.84. The molecule has 0 radical (unpaired) electrons. The number of anilines is 3. The third-order valence-corrected chi connectivity index (χ3v) is 14.8. The van der Waals surface area contributed by atoms with Crippen LogP contribution in [-0.4, -0.2) is 4.57 Å². The third kappa shape index (κ3) is 5.86. The van der Waals surface area contributed by atoms with Crippen LogP contribution in [-0.2, 0) is 5.41 Å². The summed E-state index contributed by atoms with van der Waals surface area (Å²) in [6, 6.07) is 98.2. The van der Waals surface area contributed by atoms with E-state index in [-0.39, 0.29) is 5.41 Å². The molecule has 0 atom stereocenters. The summed E-state index contributed by atoms with van der Waals surface area (Å²) >= 11 is 0. The van der Waals surface area contributed by atoms with E-state index in [4.69, 9.17) is 0 Å². The van der Waals surface area contributed by atoms with Gasteiger partial charge in [0.05, 0.1) is 16.4 Å². The van der Waals surface area contributed by atoms with E-state index in [1.165, 1.54) is 99.7 Å². The van der Waals surface area contributed by atoms with Crippen molar-refractivity contribution in [1.82, 2.24) is 4.57 Å². The minimum absolute atomic E-state index is 0.381. The fourth-order valence-electron chi connectivity index (χ4n) is 12.0. The number of aromatic nitrogens is 1. The number of para-hydroxylation sites is 2. The molecule has 322 valence electrons. The van der Waals surface area contributed by atoms with Crippen molar-refractivity contribution in [3.05, 3.63) is 289 Å². The van der Waals surface area contributed by atoms with E-state index in [0.717, 1.165) is 22.7 Å². The maximum Gasteiger partial charge on any atom is 0.0725 e. The Labute approximate surface area is 402 Å². The Morgan fingerprint density at radius 1 is 0.275 bits per heavy atom. The van der Waals surface area contributed by atoms with Crippen molar-refractivity contribution < 1.29 is 0 Å². The van der Waals surface area contributed by atoms with Crippen LogP contribution in [0.4, 0.5) is 17.1 Å². The van der Waals surface area contributed by atoms with Crippen molar-refractivity contribution >= 4 is 38.9 Å². The number of fused-ring (bicyclic) bond motifs is 13. The zero-order chi connectivity index (χ0) is 45.5. The molecule has 0 N–H and O–H groups in total. The van der Waals surface area contributed by atoms with Gasteiger partial charge < -0.3 is 9.47 Å². The first-order valence-electron chi connectivity index (χ1n) is 23.9. The van der Waals surface area contributed by atoms with Gasteiger partial charge in [-0.1, -0.05) is 206 Å². The molecule has 1 aromatic heterocycles. The van der Waals surface area contributed by atoms with E-state index in [0.29, 0.717) is 0 Å². The Hall–Kier alpha value is -8.98. The summed E-state index contributed by atoms with van der Waals surface area (Å²) in [7, 11) is 0. The molecule has 2 heteroatoms.